The molecule has 2 aliphatic rings. The van der Waals surface area contributed by atoms with E-state index in [1.54, 1.807) is 12.3 Å². The molecule has 98 valence electrons. The number of nitrogens with zero attached hydrogens (tertiary/aromatic N) is 2. The molecule has 1 aliphatic heterocycles. The van der Waals surface area contributed by atoms with Gasteiger partial charge >= 0.3 is 0 Å². The minimum Gasteiger partial charge on any atom is -0.382 e. The van der Waals surface area contributed by atoms with Crippen LogP contribution in [0.3, 0.4) is 0 Å². The Kier molecular flexibility index (Phi) is 3.20. The van der Waals surface area contributed by atoms with E-state index in [0.717, 1.165) is 6.54 Å². The molecule has 1 aromatic heterocycles. The smallest absolute Gasteiger partial charge is 0.164 e. The van der Waals surface area contributed by atoms with Crippen molar-refractivity contribution in [3.63, 3.8) is 0 Å². The van der Waals surface area contributed by atoms with Gasteiger partial charge in [0.25, 0.3) is 0 Å². The maximum Gasteiger partial charge on any atom is 0.164 e. The van der Waals surface area contributed by atoms with Crippen LogP contribution in [0, 0.1) is 11.2 Å². The lowest BCUT2D eigenvalue weighted by Gasteiger charge is -2.23. The van der Waals surface area contributed by atoms with Crippen LogP contribution in [0.25, 0.3) is 0 Å². The van der Waals surface area contributed by atoms with Gasteiger partial charge < -0.3 is 10.2 Å². The lowest BCUT2D eigenvalue weighted by molar-refractivity contribution is 0.271. The molecule has 0 amide bonds. The van der Waals surface area contributed by atoms with Crippen LogP contribution >= 0.6 is 0 Å². The molecule has 2 fully saturated rings. The molecule has 1 saturated heterocycles. The number of halogens is 1. The summed E-state index contributed by atoms with van der Waals surface area (Å²) in [7, 11) is 0. The maximum absolute atomic E-state index is 13.5. The van der Waals surface area contributed by atoms with Crippen molar-refractivity contribution >= 4 is 5.69 Å². The predicted octanol–water partition coefficient (Wildman–Crippen LogP) is 2.51. The highest BCUT2D eigenvalue weighted by Crippen LogP contribution is 2.46. The molecular weight excluding hydrogens is 229 g/mol. The van der Waals surface area contributed by atoms with Crippen molar-refractivity contribution in [3.05, 3.63) is 24.3 Å². The largest absolute Gasteiger partial charge is 0.382 e. The van der Waals surface area contributed by atoms with E-state index in [1.165, 1.54) is 51.5 Å². The monoisotopic (exact) mass is 249 g/mol. The van der Waals surface area contributed by atoms with Crippen LogP contribution in [0.5, 0.6) is 0 Å². The molecule has 0 aromatic carbocycles. The molecule has 0 radical (unpaired) electrons. The van der Waals surface area contributed by atoms with Gasteiger partial charge in [0.15, 0.2) is 5.82 Å². The lowest BCUT2D eigenvalue weighted by atomic mass is 10.1. The average Bonchev–Trinajstić information content (AvgIpc) is 2.94. The number of aromatic nitrogens is 1. The van der Waals surface area contributed by atoms with Crippen LogP contribution in [0.2, 0.25) is 0 Å². The van der Waals surface area contributed by atoms with Gasteiger partial charge in [0, 0.05) is 24.7 Å². The second-order valence-corrected chi connectivity index (χ2v) is 5.69. The Morgan fingerprint density at radius 2 is 2.11 bits per heavy atom. The van der Waals surface area contributed by atoms with Crippen molar-refractivity contribution < 1.29 is 4.39 Å². The average molecular weight is 249 g/mol. The topological polar surface area (TPSA) is 28.2 Å². The van der Waals surface area contributed by atoms with E-state index in [4.69, 9.17) is 0 Å². The second-order valence-electron chi connectivity index (χ2n) is 5.69. The van der Waals surface area contributed by atoms with E-state index in [9.17, 15) is 4.39 Å². The number of rotatable bonds is 5. The predicted molar refractivity (Wildman–Crippen MR) is 70.0 cm³/mol. The normalized spacial score (nSPS) is 22.1. The van der Waals surface area contributed by atoms with E-state index >= 15 is 0 Å². The number of likely N-dealkylation sites (tertiary alicyclic amines) is 1. The number of hydrogen-bond donors (Lipinski definition) is 1. The van der Waals surface area contributed by atoms with Crippen LogP contribution in [0.15, 0.2) is 18.5 Å². The van der Waals surface area contributed by atoms with Crippen LogP contribution in [0.1, 0.15) is 25.7 Å². The Hall–Kier alpha value is -1.16. The zero-order valence-electron chi connectivity index (χ0n) is 10.7. The molecular formula is C14H20FN3. The number of nitrogens with one attached hydrogen (secondary N) is 1. The van der Waals surface area contributed by atoms with Crippen LogP contribution in [-0.4, -0.2) is 36.1 Å². The van der Waals surface area contributed by atoms with Crippen molar-refractivity contribution in [2.24, 2.45) is 5.41 Å². The SMILES string of the molecule is Fc1cnccc1NCC1(CN2CCCC2)CC1. The fourth-order valence-corrected chi connectivity index (χ4v) is 2.78. The molecule has 3 nitrogen and oxygen atoms in total. The lowest BCUT2D eigenvalue weighted by Crippen LogP contribution is -2.32. The van der Waals surface area contributed by atoms with Crippen molar-refractivity contribution in [2.45, 2.75) is 25.7 Å². The molecule has 2 heterocycles. The van der Waals surface area contributed by atoms with Crippen molar-refractivity contribution in [2.75, 3.05) is 31.5 Å². The highest BCUT2D eigenvalue weighted by molar-refractivity contribution is 5.43. The standard InChI is InChI=1S/C14H20FN3/c15-12-9-16-6-3-13(12)17-10-14(4-5-14)11-18-7-1-2-8-18/h3,6,9H,1-2,4-5,7-8,10-11H2,(H,16,17). The summed E-state index contributed by atoms with van der Waals surface area (Å²) in [6, 6.07) is 1.71. The number of hydrogen-bond acceptors (Lipinski definition) is 3. The summed E-state index contributed by atoms with van der Waals surface area (Å²) in [4.78, 5) is 6.32. The summed E-state index contributed by atoms with van der Waals surface area (Å²) in [5.41, 5.74) is 0.970. The molecule has 1 saturated carbocycles. The second kappa shape index (κ2) is 4.84. The van der Waals surface area contributed by atoms with E-state index in [0.29, 0.717) is 11.1 Å². The van der Waals surface area contributed by atoms with Crippen LogP contribution in [-0.2, 0) is 0 Å². The molecule has 18 heavy (non-hydrogen) atoms. The van der Waals surface area contributed by atoms with E-state index in [2.05, 4.69) is 15.2 Å². The van der Waals surface area contributed by atoms with Gasteiger partial charge in [-0.15, -0.1) is 0 Å². The third-order valence-corrected chi connectivity index (χ3v) is 4.14. The van der Waals surface area contributed by atoms with E-state index < -0.39 is 0 Å². The summed E-state index contributed by atoms with van der Waals surface area (Å²) >= 11 is 0. The van der Waals surface area contributed by atoms with Crippen LogP contribution < -0.4 is 5.32 Å². The fraction of sp³-hybridized carbons (Fsp3) is 0.643. The van der Waals surface area contributed by atoms with Gasteiger partial charge in [-0.05, 0) is 44.8 Å². The van der Waals surface area contributed by atoms with Gasteiger partial charge in [-0.3, -0.25) is 4.98 Å². The zero-order chi connectivity index (χ0) is 12.4. The van der Waals surface area contributed by atoms with Gasteiger partial charge in [0.2, 0.25) is 0 Å². The Bertz CT molecular complexity index is 411. The Morgan fingerprint density at radius 3 is 2.78 bits per heavy atom. The van der Waals surface area contributed by atoms with Gasteiger partial charge in [0.1, 0.15) is 0 Å². The first-order valence-corrected chi connectivity index (χ1v) is 6.83. The maximum atomic E-state index is 13.5. The zero-order valence-corrected chi connectivity index (χ0v) is 10.7. The summed E-state index contributed by atoms with van der Waals surface area (Å²) < 4.78 is 13.5. The van der Waals surface area contributed by atoms with Crippen molar-refractivity contribution in [1.29, 1.82) is 0 Å². The highest BCUT2D eigenvalue weighted by atomic mass is 19.1. The highest BCUT2D eigenvalue weighted by Gasteiger charge is 2.43. The van der Waals surface area contributed by atoms with Crippen LogP contribution in [0.4, 0.5) is 10.1 Å². The third-order valence-electron chi connectivity index (χ3n) is 4.14. The van der Waals surface area contributed by atoms with Gasteiger partial charge in [-0.2, -0.15) is 0 Å². The Balaban J connectivity index is 1.54. The molecule has 0 bridgehead atoms. The summed E-state index contributed by atoms with van der Waals surface area (Å²) in [5, 5.41) is 3.25. The Morgan fingerprint density at radius 1 is 1.33 bits per heavy atom. The summed E-state index contributed by atoms with van der Waals surface area (Å²) in [6.07, 6.45) is 8.10. The van der Waals surface area contributed by atoms with Crippen molar-refractivity contribution in [3.8, 4) is 0 Å². The van der Waals surface area contributed by atoms with Gasteiger partial charge in [0.05, 0.1) is 11.9 Å². The molecule has 0 spiro atoms. The Labute approximate surface area is 107 Å². The molecule has 1 aliphatic carbocycles. The van der Waals surface area contributed by atoms with E-state index in [1.807, 2.05) is 0 Å². The fourth-order valence-electron chi connectivity index (χ4n) is 2.78. The summed E-state index contributed by atoms with van der Waals surface area (Å²) in [5.74, 6) is -0.255. The number of pyridine rings is 1. The number of anilines is 1. The quantitative estimate of drug-likeness (QED) is 0.869. The van der Waals surface area contributed by atoms with E-state index in [-0.39, 0.29) is 5.82 Å². The minimum atomic E-state index is -0.255. The molecule has 1 aromatic rings. The molecule has 0 atom stereocenters. The van der Waals surface area contributed by atoms with Gasteiger partial charge in [-0.25, -0.2) is 4.39 Å². The molecule has 3 rings (SSSR count). The van der Waals surface area contributed by atoms with Crippen molar-refractivity contribution in [1.82, 2.24) is 9.88 Å². The third kappa shape index (κ3) is 2.64. The van der Waals surface area contributed by atoms with Gasteiger partial charge in [-0.1, -0.05) is 0 Å². The molecule has 0 unspecified atom stereocenters. The first-order valence-electron chi connectivity index (χ1n) is 6.83. The summed E-state index contributed by atoms with van der Waals surface area (Å²) in [6.45, 7) is 4.54. The first kappa shape index (κ1) is 11.9. The molecule has 1 N–H and O–H groups in total. The minimum absolute atomic E-state index is 0.255. The first-order chi connectivity index (χ1) is 8.77. The molecule has 4 heteroatoms.